The Morgan fingerprint density at radius 2 is 2.15 bits per heavy atom. The first-order chi connectivity index (χ1) is 5.99. The number of rotatable bonds is 1. The molecule has 0 saturated heterocycles. The number of nitrogens with one attached hydrogen (secondary N) is 1. The van der Waals surface area contributed by atoms with E-state index in [9.17, 15) is 0 Å². The number of nitriles is 1. The van der Waals surface area contributed by atoms with Crippen LogP contribution in [0.2, 0.25) is 0 Å². The Labute approximate surface area is 78.3 Å². The van der Waals surface area contributed by atoms with Crippen LogP contribution in [0.5, 0.6) is 0 Å². The number of allylic oxidation sites excluding steroid dienone is 2. The minimum absolute atomic E-state index is 0.523. The molecule has 0 saturated carbocycles. The fourth-order valence-electron chi connectivity index (χ4n) is 1.41. The van der Waals surface area contributed by atoms with Crippen molar-refractivity contribution in [3.63, 3.8) is 0 Å². The molecule has 0 bridgehead atoms. The van der Waals surface area contributed by atoms with Gasteiger partial charge in [0.1, 0.15) is 0 Å². The highest BCUT2D eigenvalue weighted by Gasteiger charge is 2.32. The van der Waals surface area contributed by atoms with E-state index in [1.807, 2.05) is 25.1 Å². The lowest BCUT2D eigenvalue weighted by molar-refractivity contribution is 0.396. The lowest BCUT2D eigenvalue weighted by Gasteiger charge is -2.34. The number of hydrogen-bond donors (Lipinski definition) is 2. The summed E-state index contributed by atoms with van der Waals surface area (Å²) >= 11 is 0. The Kier molecular flexibility index (Phi) is 2.20. The van der Waals surface area contributed by atoms with Gasteiger partial charge in [0.15, 0.2) is 5.54 Å². The molecule has 0 aromatic carbocycles. The molecule has 0 spiro atoms. The van der Waals surface area contributed by atoms with Gasteiger partial charge in [0.2, 0.25) is 0 Å². The van der Waals surface area contributed by atoms with Crippen LogP contribution in [-0.2, 0) is 0 Å². The van der Waals surface area contributed by atoms with Crippen molar-refractivity contribution in [1.29, 1.82) is 5.26 Å². The van der Waals surface area contributed by atoms with Crippen molar-refractivity contribution < 1.29 is 0 Å². The summed E-state index contributed by atoms with van der Waals surface area (Å²) in [5.41, 5.74) is 5.77. The van der Waals surface area contributed by atoms with Gasteiger partial charge in [0.25, 0.3) is 0 Å². The van der Waals surface area contributed by atoms with E-state index in [0.717, 1.165) is 5.70 Å². The molecule has 13 heavy (non-hydrogen) atoms. The smallest absolute Gasteiger partial charge is 0.163 e. The normalized spacial score (nSPS) is 26.6. The summed E-state index contributed by atoms with van der Waals surface area (Å²) in [5, 5.41) is 12.0. The largest absolute Gasteiger partial charge is 0.385 e. The van der Waals surface area contributed by atoms with E-state index >= 15 is 0 Å². The molecule has 0 aromatic heterocycles. The van der Waals surface area contributed by atoms with E-state index in [1.165, 1.54) is 0 Å². The van der Waals surface area contributed by atoms with Crippen molar-refractivity contribution in [2.45, 2.75) is 12.5 Å². The zero-order chi connectivity index (χ0) is 10.1. The number of likely N-dealkylation sites (N-methyl/N-ethyl adjacent to an activating group) is 1. The zero-order valence-corrected chi connectivity index (χ0v) is 8.13. The first-order valence-corrected chi connectivity index (χ1v) is 4.04. The average Bonchev–Trinajstić information content (AvgIpc) is 2.03. The minimum Gasteiger partial charge on any atom is -0.385 e. The Morgan fingerprint density at radius 1 is 1.54 bits per heavy atom. The van der Waals surface area contributed by atoms with Crippen LogP contribution in [-0.4, -0.2) is 24.5 Å². The summed E-state index contributed by atoms with van der Waals surface area (Å²) in [5.74, 6) is 0.523. The molecule has 4 nitrogen and oxygen atoms in total. The Morgan fingerprint density at radius 3 is 2.62 bits per heavy atom. The van der Waals surface area contributed by atoms with E-state index in [1.54, 1.807) is 13.0 Å². The van der Waals surface area contributed by atoms with Crippen molar-refractivity contribution in [2.75, 3.05) is 14.1 Å². The minimum atomic E-state index is -0.720. The van der Waals surface area contributed by atoms with Gasteiger partial charge >= 0.3 is 0 Å². The highest BCUT2D eigenvalue weighted by atomic mass is 15.2. The van der Waals surface area contributed by atoms with Crippen LogP contribution in [0, 0.1) is 11.3 Å². The van der Waals surface area contributed by atoms with E-state index < -0.39 is 5.54 Å². The molecule has 1 unspecified atom stereocenters. The molecule has 0 amide bonds. The second kappa shape index (κ2) is 3.02. The third-order valence-electron chi connectivity index (χ3n) is 2.03. The fraction of sp³-hybridized carbons (Fsp3) is 0.444. The summed E-state index contributed by atoms with van der Waals surface area (Å²) in [6.45, 7) is 1.80. The molecular weight excluding hydrogens is 164 g/mol. The lowest BCUT2D eigenvalue weighted by Crippen LogP contribution is -2.49. The second-order valence-corrected chi connectivity index (χ2v) is 3.43. The molecule has 3 N–H and O–H groups in total. The van der Waals surface area contributed by atoms with E-state index in [4.69, 9.17) is 11.0 Å². The van der Waals surface area contributed by atoms with Gasteiger partial charge in [0, 0.05) is 14.1 Å². The molecule has 0 aromatic rings. The first kappa shape index (κ1) is 9.46. The van der Waals surface area contributed by atoms with Gasteiger partial charge in [-0.15, -0.1) is 0 Å². The average molecular weight is 178 g/mol. The van der Waals surface area contributed by atoms with Crippen LogP contribution in [0.3, 0.4) is 0 Å². The lowest BCUT2D eigenvalue weighted by atomic mass is 9.96. The maximum absolute atomic E-state index is 9.02. The molecule has 1 aliphatic heterocycles. The summed E-state index contributed by atoms with van der Waals surface area (Å²) in [4.78, 5) is 1.90. The maximum atomic E-state index is 9.02. The molecule has 4 heteroatoms. The molecule has 1 aliphatic rings. The molecule has 1 heterocycles. The second-order valence-electron chi connectivity index (χ2n) is 3.43. The van der Waals surface area contributed by atoms with Crippen LogP contribution in [0.4, 0.5) is 0 Å². The quantitative estimate of drug-likeness (QED) is 0.598. The molecule has 1 atom stereocenters. The van der Waals surface area contributed by atoms with Gasteiger partial charge in [-0.1, -0.05) is 0 Å². The van der Waals surface area contributed by atoms with Crippen LogP contribution in [0.25, 0.3) is 0 Å². The van der Waals surface area contributed by atoms with Gasteiger partial charge in [-0.3, -0.25) is 0 Å². The third kappa shape index (κ3) is 1.59. The van der Waals surface area contributed by atoms with E-state index in [-0.39, 0.29) is 0 Å². The zero-order valence-electron chi connectivity index (χ0n) is 8.13. The predicted octanol–water partition coefficient (Wildman–Crippen LogP) is 0.117. The molecule has 70 valence electrons. The number of dihydropyridines is 1. The summed E-state index contributed by atoms with van der Waals surface area (Å²) in [7, 11) is 3.80. The number of nitrogens with two attached hydrogens (primary N) is 1. The first-order valence-electron chi connectivity index (χ1n) is 4.04. The predicted molar refractivity (Wildman–Crippen MR) is 51.2 cm³/mol. The van der Waals surface area contributed by atoms with E-state index in [0.29, 0.717) is 5.82 Å². The van der Waals surface area contributed by atoms with Crippen LogP contribution < -0.4 is 11.1 Å². The molecule has 0 fully saturated rings. The van der Waals surface area contributed by atoms with Crippen LogP contribution in [0.15, 0.2) is 23.7 Å². The summed E-state index contributed by atoms with van der Waals surface area (Å²) in [6, 6.07) is 2.20. The number of nitrogens with zero attached hydrogens (tertiary/aromatic N) is 2. The standard InChI is InChI=1S/C9H14N4/c1-9(6-10)7(13(2)3)4-5-8(11)12-9/h4-5,12H,11H2,1-3H3. The highest BCUT2D eigenvalue weighted by Crippen LogP contribution is 2.21. The third-order valence-corrected chi connectivity index (χ3v) is 2.03. The van der Waals surface area contributed by atoms with Gasteiger partial charge in [-0.05, 0) is 19.1 Å². The van der Waals surface area contributed by atoms with Gasteiger partial charge in [0.05, 0.1) is 17.6 Å². The monoisotopic (exact) mass is 178 g/mol. The van der Waals surface area contributed by atoms with Gasteiger partial charge < -0.3 is 16.0 Å². The SMILES string of the molecule is CN(C)C1=CC=C(N)NC1(C)C#N. The topological polar surface area (TPSA) is 65.1 Å². The van der Waals surface area contributed by atoms with Crippen molar-refractivity contribution in [2.24, 2.45) is 5.73 Å². The van der Waals surface area contributed by atoms with Crippen molar-refractivity contribution in [3.05, 3.63) is 23.7 Å². The highest BCUT2D eigenvalue weighted by molar-refractivity contribution is 5.36. The fourth-order valence-corrected chi connectivity index (χ4v) is 1.41. The molecule has 1 rings (SSSR count). The molecular formula is C9H14N4. The summed E-state index contributed by atoms with van der Waals surface area (Å²) < 4.78 is 0. The van der Waals surface area contributed by atoms with E-state index in [2.05, 4.69) is 11.4 Å². The molecule has 0 radical (unpaired) electrons. The van der Waals surface area contributed by atoms with Crippen LogP contribution in [0.1, 0.15) is 6.92 Å². The summed E-state index contributed by atoms with van der Waals surface area (Å²) in [6.07, 6.45) is 3.61. The van der Waals surface area contributed by atoms with Crippen LogP contribution >= 0.6 is 0 Å². The van der Waals surface area contributed by atoms with Gasteiger partial charge in [-0.2, -0.15) is 5.26 Å². The maximum Gasteiger partial charge on any atom is 0.163 e. The Bertz CT molecular complexity index is 308. The van der Waals surface area contributed by atoms with Gasteiger partial charge in [-0.25, -0.2) is 0 Å². The molecule has 0 aliphatic carbocycles. The Hall–Kier alpha value is -1.63. The Balaban J connectivity index is 3.09. The van der Waals surface area contributed by atoms with Crippen molar-refractivity contribution >= 4 is 0 Å². The van der Waals surface area contributed by atoms with Crippen molar-refractivity contribution in [3.8, 4) is 6.07 Å². The van der Waals surface area contributed by atoms with Crippen molar-refractivity contribution in [1.82, 2.24) is 10.2 Å². The number of hydrogen-bond acceptors (Lipinski definition) is 4.